The van der Waals surface area contributed by atoms with E-state index in [-0.39, 0.29) is 10.9 Å². The summed E-state index contributed by atoms with van der Waals surface area (Å²) in [7, 11) is -3.37. The number of para-hydroxylation sites is 1. The highest BCUT2D eigenvalue weighted by atomic mass is 32.2. The quantitative estimate of drug-likeness (QED) is 0.939. The molecule has 0 bridgehead atoms. The molecule has 0 aliphatic heterocycles. The molecule has 21 heavy (non-hydrogen) atoms. The minimum absolute atomic E-state index is 0.166. The van der Waals surface area contributed by atoms with Crippen LogP contribution in [0.1, 0.15) is 18.5 Å². The maximum absolute atomic E-state index is 13.2. The Morgan fingerprint density at radius 3 is 2.33 bits per heavy atom. The van der Waals surface area contributed by atoms with Crippen LogP contribution in [-0.2, 0) is 9.84 Å². The van der Waals surface area contributed by atoms with Crippen LogP contribution in [0, 0.1) is 11.6 Å². The lowest BCUT2D eigenvalue weighted by Crippen LogP contribution is -2.10. The molecule has 1 unspecified atom stereocenters. The Morgan fingerprint density at radius 1 is 1.05 bits per heavy atom. The van der Waals surface area contributed by atoms with Crippen molar-refractivity contribution in [1.82, 2.24) is 0 Å². The van der Waals surface area contributed by atoms with Gasteiger partial charge < -0.3 is 5.32 Å². The number of anilines is 1. The largest absolute Gasteiger partial charge is 0.377 e. The molecule has 0 saturated heterocycles. The number of sulfone groups is 1. The maximum atomic E-state index is 13.2. The van der Waals surface area contributed by atoms with E-state index in [1.165, 1.54) is 12.1 Å². The molecule has 2 rings (SSSR count). The van der Waals surface area contributed by atoms with Gasteiger partial charge in [0.2, 0.25) is 0 Å². The maximum Gasteiger partial charge on any atom is 0.177 e. The van der Waals surface area contributed by atoms with Gasteiger partial charge in [0, 0.05) is 12.3 Å². The fraction of sp³-hybridized carbons (Fsp3) is 0.200. The molecule has 0 amide bonds. The monoisotopic (exact) mass is 311 g/mol. The second-order valence-corrected chi connectivity index (χ2v) is 6.79. The van der Waals surface area contributed by atoms with E-state index in [2.05, 4.69) is 5.32 Å². The van der Waals surface area contributed by atoms with Crippen molar-refractivity contribution in [3.63, 3.8) is 0 Å². The highest BCUT2D eigenvalue weighted by Crippen LogP contribution is 2.26. The van der Waals surface area contributed by atoms with Gasteiger partial charge in [0.25, 0.3) is 0 Å². The van der Waals surface area contributed by atoms with Gasteiger partial charge in [-0.2, -0.15) is 0 Å². The Kier molecular flexibility index (Phi) is 4.27. The third kappa shape index (κ3) is 3.58. The normalized spacial score (nSPS) is 13.0. The molecule has 0 aromatic heterocycles. The first-order valence-corrected chi connectivity index (χ1v) is 8.19. The molecular formula is C15H15F2NO2S. The summed E-state index contributed by atoms with van der Waals surface area (Å²) in [5.74, 6) is -1.85. The summed E-state index contributed by atoms with van der Waals surface area (Å²) in [6.07, 6.45) is 1.12. The lowest BCUT2D eigenvalue weighted by molar-refractivity contribution is 0.506. The Hall–Kier alpha value is -1.95. The molecule has 0 aliphatic rings. The average molecular weight is 311 g/mol. The van der Waals surface area contributed by atoms with E-state index < -0.39 is 21.5 Å². The van der Waals surface area contributed by atoms with Crippen molar-refractivity contribution < 1.29 is 17.2 Å². The van der Waals surface area contributed by atoms with E-state index in [9.17, 15) is 17.2 Å². The predicted octanol–water partition coefficient (Wildman–Crippen LogP) is 3.54. The zero-order valence-electron chi connectivity index (χ0n) is 11.6. The first-order valence-electron chi connectivity index (χ1n) is 6.29. The van der Waals surface area contributed by atoms with E-state index in [1.54, 1.807) is 25.1 Å². The Labute approximate surface area is 122 Å². The van der Waals surface area contributed by atoms with Crippen molar-refractivity contribution in [1.29, 1.82) is 0 Å². The fourth-order valence-corrected chi connectivity index (χ4v) is 2.86. The number of nitrogens with one attached hydrogen (secondary N) is 1. The van der Waals surface area contributed by atoms with Crippen molar-refractivity contribution >= 4 is 15.5 Å². The van der Waals surface area contributed by atoms with Gasteiger partial charge in [-0.3, -0.25) is 0 Å². The van der Waals surface area contributed by atoms with Gasteiger partial charge >= 0.3 is 0 Å². The molecule has 0 fully saturated rings. The van der Waals surface area contributed by atoms with E-state index in [0.717, 1.165) is 18.4 Å². The number of benzene rings is 2. The smallest absolute Gasteiger partial charge is 0.177 e. The van der Waals surface area contributed by atoms with Gasteiger partial charge in [0.1, 0.15) is 0 Å². The summed E-state index contributed by atoms with van der Waals surface area (Å²) < 4.78 is 49.6. The Morgan fingerprint density at radius 2 is 1.71 bits per heavy atom. The second kappa shape index (κ2) is 5.81. The van der Waals surface area contributed by atoms with Gasteiger partial charge in [0.15, 0.2) is 21.5 Å². The van der Waals surface area contributed by atoms with Crippen molar-refractivity contribution in [2.24, 2.45) is 0 Å². The molecule has 1 N–H and O–H groups in total. The molecule has 0 spiro atoms. The van der Waals surface area contributed by atoms with Crippen molar-refractivity contribution in [3.05, 3.63) is 59.7 Å². The van der Waals surface area contributed by atoms with Crippen LogP contribution in [0.15, 0.2) is 47.4 Å². The summed E-state index contributed by atoms with van der Waals surface area (Å²) >= 11 is 0. The van der Waals surface area contributed by atoms with E-state index in [1.807, 2.05) is 0 Å². The van der Waals surface area contributed by atoms with Crippen LogP contribution in [0.4, 0.5) is 14.5 Å². The minimum Gasteiger partial charge on any atom is -0.377 e. The van der Waals surface area contributed by atoms with Crippen LogP contribution < -0.4 is 5.32 Å². The second-order valence-electron chi connectivity index (χ2n) is 4.81. The number of hydrogen-bond acceptors (Lipinski definition) is 3. The molecule has 1 atom stereocenters. The van der Waals surface area contributed by atoms with Gasteiger partial charge in [0.05, 0.1) is 10.6 Å². The molecular weight excluding hydrogens is 296 g/mol. The number of hydrogen-bond donors (Lipinski definition) is 1. The van der Waals surface area contributed by atoms with Gasteiger partial charge in [-0.15, -0.1) is 0 Å². The molecule has 3 nitrogen and oxygen atoms in total. The predicted molar refractivity (Wildman–Crippen MR) is 77.9 cm³/mol. The molecule has 0 aliphatic carbocycles. The molecule has 112 valence electrons. The molecule has 0 radical (unpaired) electrons. The Balaban J connectivity index is 2.32. The average Bonchev–Trinajstić information content (AvgIpc) is 2.41. The number of rotatable bonds is 4. The summed E-state index contributed by atoms with van der Waals surface area (Å²) in [5, 5.41) is 3.01. The standard InChI is InChI=1S/C15H15F2NO2S/c1-10(11-7-8-12(16)13(17)9-11)18-14-5-3-4-6-15(14)21(2,19)20/h3-10,18H,1-2H3. The fourth-order valence-electron chi connectivity index (χ4n) is 2.01. The van der Waals surface area contributed by atoms with Crippen molar-refractivity contribution in [2.75, 3.05) is 11.6 Å². The van der Waals surface area contributed by atoms with Crippen molar-refractivity contribution in [3.8, 4) is 0 Å². The van der Waals surface area contributed by atoms with Gasteiger partial charge in [-0.25, -0.2) is 17.2 Å². The lowest BCUT2D eigenvalue weighted by Gasteiger charge is -2.18. The minimum atomic E-state index is -3.37. The van der Waals surface area contributed by atoms with Crippen LogP contribution in [0.25, 0.3) is 0 Å². The highest BCUT2D eigenvalue weighted by Gasteiger charge is 2.15. The van der Waals surface area contributed by atoms with Gasteiger partial charge in [-0.1, -0.05) is 18.2 Å². The van der Waals surface area contributed by atoms with Crippen LogP contribution in [0.3, 0.4) is 0 Å². The van der Waals surface area contributed by atoms with Crippen LogP contribution >= 0.6 is 0 Å². The zero-order valence-corrected chi connectivity index (χ0v) is 12.4. The van der Waals surface area contributed by atoms with E-state index in [4.69, 9.17) is 0 Å². The molecule has 0 heterocycles. The van der Waals surface area contributed by atoms with Crippen LogP contribution in [0.5, 0.6) is 0 Å². The highest BCUT2D eigenvalue weighted by molar-refractivity contribution is 7.90. The van der Waals surface area contributed by atoms with E-state index in [0.29, 0.717) is 11.3 Å². The summed E-state index contributed by atoms with van der Waals surface area (Å²) in [6, 6.07) is 9.68. The third-order valence-corrected chi connectivity index (χ3v) is 4.26. The summed E-state index contributed by atoms with van der Waals surface area (Å²) in [6.45, 7) is 1.74. The van der Waals surface area contributed by atoms with Gasteiger partial charge in [-0.05, 0) is 36.8 Å². The lowest BCUT2D eigenvalue weighted by atomic mass is 10.1. The van der Waals surface area contributed by atoms with Crippen LogP contribution in [0.2, 0.25) is 0 Å². The first kappa shape index (κ1) is 15.4. The van der Waals surface area contributed by atoms with Crippen LogP contribution in [-0.4, -0.2) is 14.7 Å². The zero-order chi connectivity index (χ0) is 15.6. The first-order chi connectivity index (χ1) is 9.79. The summed E-state index contributed by atoms with van der Waals surface area (Å²) in [5.41, 5.74) is 0.953. The molecule has 2 aromatic rings. The summed E-state index contributed by atoms with van der Waals surface area (Å²) in [4.78, 5) is 0.166. The third-order valence-electron chi connectivity index (χ3n) is 3.10. The Bertz CT molecular complexity index is 760. The van der Waals surface area contributed by atoms with E-state index >= 15 is 0 Å². The molecule has 2 aromatic carbocycles. The molecule has 0 saturated carbocycles. The molecule has 6 heteroatoms. The van der Waals surface area contributed by atoms with Crippen molar-refractivity contribution in [2.45, 2.75) is 17.9 Å². The number of halogens is 2. The SMILES string of the molecule is CC(Nc1ccccc1S(C)(=O)=O)c1ccc(F)c(F)c1. The topological polar surface area (TPSA) is 46.2 Å².